The summed E-state index contributed by atoms with van der Waals surface area (Å²) < 4.78 is 12.1. The van der Waals surface area contributed by atoms with Crippen molar-refractivity contribution in [3.05, 3.63) is 0 Å². The predicted octanol–water partition coefficient (Wildman–Crippen LogP) is 11.7. The first kappa shape index (κ1) is 45.9. The summed E-state index contributed by atoms with van der Waals surface area (Å²) >= 11 is 0. The maximum Gasteiger partial charge on any atom is 0.306 e. The van der Waals surface area contributed by atoms with E-state index in [1.165, 1.54) is 135 Å². The summed E-state index contributed by atoms with van der Waals surface area (Å²) in [6, 6.07) is 0.410. The summed E-state index contributed by atoms with van der Waals surface area (Å²) in [6.07, 6.45) is 33.1. The minimum absolute atomic E-state index is 0.0766. The van der Waals surface area contributed by atoms with E-state index in [9.17, 15) is 14.7 Å². The molecule has 3 unspecified atom stereocenters. The van der Waals surface area contributed by atoms with Gasteiger partial charge in [0.05, 0.1) is 6.61 Å². The monoisotopic (exact) mass is 694 g/mol. The molecule has 0 amide bonds. The molecular formula is C43H83NO5. The standard InChI is InChI=1S/C43H83NO5/c1-5-9-13-17-19-23-28-38(26-21-15-11-7-3)34-42(46)48-37-41(36-44(32-33-45)40-30-25-31-40)49-43(47)35-39(27-22-16-12-8-4)29-24-20-18-14-10-6-2/h38-41,45H,5-37H2,1-4H3. The van der Waals surface area contributed by atoms with Crippen LogP contribution >= 0.6 is 0 Å². The van der Waals surface area contributed by atoms with Gasteiger partial charge in [-0.3, -0.25) is 14.5 Å². The molecule has 0 saturated heterocycles. The molecule has 0 radical (unpaired) electrons. The molecule has 0 aromatic rings. The van der Waals surface area contributed by atoms with Crippen LogP contribution in [0.25, 0.3) is 0 Å². The summed E-state index contributed by atoms with van der Waals surface area (Å²) in [4.78, 5) is 29.0. The van der Waals surface area contributed by atoms with Gasteiger partial charge in [0.25, 0.3) is 0 Å². The molecule has 1 aliphatic rings. The molecular weight excluding hydrogens is 610 g/mol. The Bertz CT molecular complexity index is 757. The number of aliphatic hydroxyl groups excluding tert-OH is 1. The normalized spacial score (nSPS) is 15.2. The van der Waals surface area contributed by atoms with Crippen LogP contribution in [0.5, 0.6) is 0 Å². The molecule has 1 saturated carbocycles. The lowest BCUT2D eigenvalue weighted by atomic mass is 9.91. The minimum atomic E-state index is -0.500. The zero-order chi connectivity index (χ0) is 35.8. The average Bonchev–Trinajstić information content (AvgIpc) is 3.06. The number of carbonyl (C=O) groups excluding carboxylic acids is 2. The van der Waals surface area contributed by atoms with Crippen LogP contribution < -0.4 is 0 Å². The molecule has 0 spiro atoms. The smallest absolute Gasteiger partial charge is 0.306 e. The summed E-state index contributed by atoms with van der Waals surface area (Å²) in [7, 11) is 0. The van der Waals surface area contributed by atoms with Crippen LogP contribution in [0.3, 0.4) is 0 Å². The molecule has 1 rings (SSSR count). The van der Waals surface area contributed by atoms with E-state index >= 15 is 0 Å². The molecule has 1 N–H and O–H groups in total. The molecule has 0 aromatic heterocycles. The van der Waals surface area contributed by atoms with Crippen LogP contribution in [0.1, 0.15) is 214 Å². The maximum absolute atomic E-state index is 13.5. The lowest BCUT2D eigenvalue weighted by Crippen LogP contribution is -2.47. The number of rotatable bonds is 36. The largest absolute Gasteiger partial charge is 0.462 e. The van der Waals surface area contributed by atoms with Crippen molar-refractivity contribution in [2.75, 3.05) is 26.3 Å². The Morgan fingerprint density at radius 3 is 1.43 bits per heavy atom. The number of ether oxygens (including phenoxy) is 2. The van der Waals surface area contributed by atoms with Crippen molar-refractivity contribution in [1.29, 1.82) is 0 Å². The topological polar surface area (TPSA) is 76.1 Å². The number of esters is 2. The van der Waals surface area contributed by atoms with Gasteiger partial charge in [-0.1, -0.05) is 163 Å². The Kier molecular flexibility index (Phi) is 30.7. The lowest BCUT2D eigenvalue weighted by Gasteiger charge is -2.38. The highest BCUT2D eigenvalue weighted by Crippen LogP contribution is 2.27. The average molecular weight is 694 g/mol. The Balaban J connectivity index is 2.82. The van der Waals surface area contributed by atoms with E-state index in [-0.39, 0.29) is 25.2 Å². The van der Waals surface area contributed by atoms with E-state index in [0.29, 0.717) is 43.8 Å². The molecule has 6 nitrogen and oxygen atoms in total. The fourth-order valence-corrected chi connectivity index (χ4v) is 7.48. The van der Waals surface area contributed by atoms with Gasteiger partial charge in [0, 0.05) is 32.0 Å². The third-order valence-electron chi connectivity index (χ3n) is 10.9. The van der Waals surface area contributed by atoms with Gasteiger partial charge in [-0.15, -0.1) is 0 Å². The van der Waals surface area contributed by atoms with Gasteiger partial charge in [0.2, 0.25) is 0 Å². The second-order valence-electron chi connectivity index (χ2n) is 15.6. The van der Waals surface area contributed by atoms with Crippen LogP contribution in [-0.2, 0) is 19.1 Å². The molecule has 290 valence electrons. The summed E-state index contributed by atoms with van der Waals surface area (Å²) in [5.41, 5.74) is 0. The zero-order valence-corrected chi connectivity index (χ0v) is 33.2. The quantitative estimate of drug-likeness (QED) is 0.0520. The minimum Gasteiger partial charge on any atom is -0.462 e. The Morgan fingerprint density at radius 2 is 1.02 bits per heavy atom. The first-order valence-electron chi connectivity index (χ1n) is 21.7. The van der Waals surface area contributed by atoms with Crippen LogP contribution in [0.4, 0.5) is 0 Å². The number of hydrogen-bond acceptors (Lipinski definition) is 6. The van der Waals surface area contributed by atoms with E-state index < -0.39 is 6.10 Å². The van der Waals surface area contributed by atoms with Crippen LogP contribution in [-0.4, -0.2) is 60.4 Å². The molecule has 3 atom stereocenters. The van der Waals surface area contributed by atoms with Gasteiger partial charge in [0.1, 0.15) is 12.7 Å². The number of unbranched alkanes of at least 4 members (excludes halogenated alkanes) is 16. The Labute approximate surface area is 304 Å². The first-order chi connectivity index (χ1) is 24.0. The number of carbonyl (C=O) groups is 2. The first-order valence-corrected chi connectivity index (χ1v) is 21.7. The SMILES string of the molecule is CCCCCCCCC(CCCCCC)CC(=O)OCC(CN(CCO)C1CCC1)OC(=O)CC(CCCCCC)CCCCCCCC. The second kappa shape index (κ2) is 32.7. The molecule has 1 aliphatic carbocycles. The molecule has 0 aliphatic heterocycles. The lowest BCUT2D eigenvalue weighted by molar-refractivity contribution is -0.162. The summed E-state index contributed by atoms with van der Waals surface area (Å²) in [5.74, 6) is 0.422. The molecule has 49 heavy (non-hydrogen) atoms. The Morgan fingerprint density at radius 1 is 0.612 bits per heavy atom. The van der Waals surface area contributed by atoms with E-state index in [1.807, 2.05) is 0 Å². The predicted molar refractivity (Wildman–Crippen MR) is 207 cm³/mol. The number of aliphatic hydroxyl groups is 1. The second-order valence-corrected chi connectivity index (χ2v) is 15.6. The fraction of sp³-hybridized carbons (Fsp3) is 0.953. The maximum atomic E-state index is 13.5. The van der Waals surface area contributed by atoms with Crippen molar-refractivity contribution >= 4 is 11.9 Å². The van der Waals surface area contributed by atoms with Gasteiger partial charge in [-0.2, -0.15) is 0 Å². The van der Waals surface area contributed by atoms with Crippen molar-refractivity contribution in [3.8, 4) is 0 Å². The fourth-order valence-electron chi connectivity index (χ4n) is 7.48. The molecule has 0 bridgehead atoms. The van der Waals surface area contributed by atoms with E-state index in [2.05, 4.69) is 32.6 Å². The van der Waals surface area contributed by atoms with Crippen molar-refractivity contribution in [2.24, 2.45) is 11.8 Å². The van der Waals surface area contributed by atoms with Crippen LogP contribution in [0.2, 0.25) is 0 Å². The van der Waals surface area contributed by atoms with E-state index in [0.717, 1.165) is 38.5 Å². The Hall–Kier alpha value is -1.14. The number of hydrogen-bond donors (Lipinski definition) is 1. The van der Waals surface area contributed by atoms with Crippen molar-refractivity contribution in [1.82, 2.24) is 4.90 Å². The summed E-state index contributed by atoms with van der Waals surface area (Å²) in [5, 5.41) is 9.81. The third kappa shape index (κ3) is 25.5. The number of nitrogens with zero attached hydrogens (tertiary/aromatic N) is 1. The van der Waals surface area contributed by atoms with Crippen molar-refractivity contribution in [3.63, 3.8) is 0 Å². The van der Waals surface area contributed by atoms with Gasteiger partial charge in [0.15, 0.2) is 0 Å². The van der Waals surface area contributed by atoms with Gasteiger partial charge < -0.3 is 14.6 Å². The van der Waals surface area contributed by atoms with Crippen LogP contribution in [0, 0.1) is 11.8 Å². The molecule has 0 aromatic carbocycles. The van der Waals surface area contributed by atoms with E-state index in [4.69, 9.17) is 9.47 Å². The molecule has 6 heteroatoms. The highest BCUT2D eigenvalue weighted by atomic mass is 16.6. The van der Waals surface area contributed by atoms with Crippen LogP contribution in [0.15, 0.2) is 0 Å². The summed E-state index contributed by atoms with van der Waals surface area (Å²) in [6.45, 7) is 10.2. The third-order valence-corrected chi connectivity index (χ3v) is 10.9. The highest BCUT2D eigenvalue weighted by Gasteiger charge is 2.29. The van der Waals surface area contributed by atoms with Gasteiger partial charge in [-0.05, 0) is 50.4 Å². The van der Waals surface area contributed by atoms with Crippen molar-refractivity contribution < 1.29 is 24.2 Å². The van der Waals surface area contributed by atoms with E-state index in [1.54, 1.807) is 0 Å². The highest BCUT2D eigenvalue weighted by molar-refractivity contribution is 5.70. The van der Waals surface area contributed by atoms with Gasteiger partial charge in [-0.25, -0.2) is 0 Å². The molecule has 0 heterocycles. The zero-order valence-electron chi connectivity index (χ0n) is 33.2. The molecule has 1 fully saturated rings. The van der Waals surface area contributed by atoms with Gasteiger partial charge >= 0.3 is 11.9 Å². The van der Waals surface area contributed by atoms with Crippen molar-refractivity contribution in [2.45, 2.75) is 226 Å².